The average molecular weight is 253 g/mol. The first-order chi connectivity index (χ1) is 7.83. The summed E-state index contributed by atoms with van der Waals surface area (Å²) in [4.78, 5) is 1.48. The lowest BCUT2D eigenvalue weighted by Gasteiger charge is -2.31. The molecule has 1 aliphatic carbocycles. The maximum atomic E-state index is 6.07. The Labute approximate surface area is 107 Å². The van der Waals surface area contributed by atoms with Crippen molar-refractivity contribution in [2.75, 3.05) is 0 Å². The molecule has 0 bridgehead atoms. The molecule has 0 radical (unpaired) electrons. The number of hydrogen-bond acceptors (Lipinski definition) is 1. The van der Waals surface area contributed by atoms with E-state index < -0.39 is 0 Å². The highest BCUT2D eigenvalue weighted by atomic mass is 35.5. The van der Waals surface area contributed by atoms with Gasteiger partial charge in [-0.25, -0.2) is 0 Å². The maximum absolute atomic E-state index is 6.07. The van der Waals surface area contributed by atoms with Crippen LogP contribution in [-0.2, 0) is 6.42 Å². The summed E-state index contributed by atoms with van der Waals surface area (Å²) in [6, 6.07) is 6.42. The van der Waals surface area contributed by atoms with Crippen LogP contribution in [0.4, 0.5) is 0 Å². The van der Waals surface area contributed by atoms with E-state index in [1.807, 2.05) is 6.07 Å². The quantitative estimate of drug-likeness (QED) is 0.630. The Morgan fingerprint density at radius 1 is 1.12 bits per heavy atom. The highest BCUT2D eigenvalue weighted by molar-refractivity contribution is 8.00. The molecule has 16 heavy (non-hydrogen) atoms. The summed E-state index contributed by atoms with van der Waals surface area (Å²) in [5.41, 5.74) is 1.49. The summed E-state index contributed by atoms with van der Waals surface area (Å²) in [7, 11) is 0. The fourth-order valence-corrected chi connectivity index (χ4v) is 4.68. The second-order valence-corrected chi connectivity index (χ2v) is 6.73. The van der Waals surface area contributed by atoms with E-state index >= 15 is 0 Å². The van der Waals surface area contributed by atoms with Gasteiger partial charge in [0.15, 0.2) is 0 Å². The Morgan fingerprint density at radius 3 is 2.94 bits per heavy atom. The number of hydrogen-bond donors (Lipinski definition) is 0. The Bertz CT molecular complexity index is 388. The predicted octanol–water partition coefficient (Wildman–Crippen LogP) is 4.94. The van der Waals surface area contributed by atoms with Crippen LogP contribution >= 0.6 is 23.4 Å². The van der Waals surface area contributed by atoms with Crippen molar-refractivity contribution in [1.29, 1.82) is 0 Å². The summed E-state index contributed by atoms with van der Waals surface area (Å²) in [6.07, 6.45) is 8.38. The molecule has 0 aromatic heterocycles. The van der Waals surface area contributed by atoms with Gasteiger partial charge in [0.2, 0.25) is 0 Å². The van der Waals surface area contributed by atoms with Gasteiger partial charge in [0, 0.05) is 15.2 Å². The van der Waals surface area contributed by atoms with Crippen LogP contribution in [0.2, 0.25) is 5.02 Å². The van der Waals surface area contributed by atoms with Crippen molar-refractivity contribution in [3.8, 4) is 0 Å². The Morgan fingerprint density at radius 2 is 2.00 bits per heavy atom. The molecule has 0 nitrogen and oxygen atoms in total. The minimum absolute atomic E-state index is 0.871. The van der Waals surface area contributed by atoms with Gasteiger partial charge in [-0.3, -0.25) is 0 Å². The molecule has 1 heterocycles. The van der Waals surface area contributed by atoms with Crippen molar-refractivity contribution >= 4 is 23.4 Å². The monoisotopic (exact) mass is 252 g/mol. The summed E-state index contributed by atoms with van der Waals surface area (Å²) < 4.78 is 0. The van der Waals surface area contributed by atoms with E-state index in [9.17, 15) is 0 Å². The molecule has 0 saturated heterocycles. The summed E-state index contributed by atoms with van der Waals surface area (Å²) >= 11 is 8.18. The highest BCUT2D eigenvalue weighted by Crippen LogP contribution is 2.44. The minimum atomic E-state index is 0.871. The third-order valence-electron chi connectivity index (χ3n) is 3.87. The third-order valence-corrected chi connectivity index (χ3v) is 5.68. The molecule has 1 fully saturated rings. The molecule has 86 valence electrons. The molecule has 1 saturated carbocycles. The van der Waals surface area contributed by atoms with Crippen LogP contribution in [0.5, 0.6) is 0 Å². The van der Waals surface area contributed by atoms with Gasteiger partial charge in [-0.15, -0.1) is 11.8 Å². The maximum Gasteiger partial charge on any atom is 0.0409 e. The van der Waals surface area contributed by atoms with Gasteiger partial charge in [-0.1, -0.05) is 30.9 Å². The van der Waals surface area contributed by atoms with Crippen molar-refractivity contribution in [2.45, 2.75) is 48.7 Å². The SMILES string of the molecule is Clc1ccc2c(c1)CC1CCCCCC1S2. The standard InChI is InChI=1S/C14H17ClS/c15-12-6-7-14-11(9-12)8-10-4-2-1-3-5-13(10)16-14/h6-7,9-10,13H,1-5,8H2. The Kier molecular flexibility index (Phi) is 3.17. The molecular formula is C14H17ClS. The summed E-state index contributed by atoms with van der Waals surface area (Å²) in [6.45, 7) is 0. The summed E-state index contributed by atoms with van der Waals surface area (Å²) in [5, 5.41) is 1.77. The van der Waals surface area contributed by atoms with Crippen LogP contribution in [0.15, 0.2) is 23.1 Å². The van der Waals surface area contributed by atoms with Gasteiger partial charge < -0.3 is 0 Å². The number of fused-ring (bicyclic) bond motifs is 2. The zero-order valence-electron chi connectivity index (χ0n) is 9.42. The van der Waals surface area contributed by atoms with Gasteiger partial charge in [-0.05, 0) is 48.9 Å². The molecule has 0 spiro atoms. The lowest BCUT2D eigenvalue weighted by Crippen LogP contribution is -2.22. The van der Waals surface area contributed by atoms with Crippen LogP contribution in [0.25, 0.3) is 0 Å². The van der Waals surface area contributed by atoms with Crippen molar-refractivity contribution in [3.63, 3.8) is 0 Å². The largest absolute Gasteiger partial charge is 0.122 e. The molecule has 2 aliphatic rings. The molecule has 2 atom stereocenters. The van der Waals surface area contributed by atoms with Gasteiger partial charge in [0.25, 0.3) is 0 Å². The minimum Gasteiger partial charge on any atom is -0.122 e. The number of benzene rings is 1. The second kappa shape index (κ2) is 4.62. The first-order valence-electron chi connectivity index (χ1n) is 6.28. The average Bonchev–Trinajstić information content (AvgIpc) is 2.50. The van der Waals surface area contributed by atoms with Crippen LogP contribution in [-0.4, -0.2) is 5.25 Å². The molecule has 0 N–H and O–H groups in total. The van der Waals surface area contributed by atoms with E-state index in [0.717, 1.165) is 16.2 Å². The zero-order chi connectivity index (χ0) is 11.0. The van der Waals surface area contributed by atoms with Crippen molar-refractivity contribution < 1.29 is 0 Å². The van der Waals surface area contributed by atoms with E-state index in [1.54, 1.807) is 0 Å². The molecule has 3 rings (SSSR count). The topological polar surface area (TPSA) is 0 Å². The van der Waals surface area contributed by atoms with Gasteiger partial charge in [-0.2, -0.15) is 0 Å². The van der Waals surface area contributed by atoms with Crippen LogP contribution < -0.4 is 0 Å². The predicted molar refractivity (Wildman–Crippen MR) is 71.4 cm³/mol. The first kappa shape index (κ1) is 11.0. The molecular weight excluding hydrogens is 236 g/mol. The van der Waals surface area contributed by atoms with Gasteiger partial charge in [0.05, 0.1) is 0 Å². The molecule has 0 amide bonds. The first-order valence-corrected chi connectivity index (χ1v) is 7.54. The molecule has 2 heteroatoms. The smallest absolute Gasteiger partial charge is 0.0409 e. The molecule has 1 aliphatic heterocycles. The molecule has 1 aromatic carbocycles. The van der Waals surface area contributed by atoms with E-state index in [2.05, 4.69) is 23.9 Å². The van der Waals surface area contributed by atoms with E-state index in [4.69, 9.17) is 11.6 Å². The fraction of sp³-hybridized carbons (Fsp3) is 0.571. The van der Waals surface area contributed by atoms with Crippen LogP contribution in [0.3, 0.4) is 0 Å². The van der Waals surface area contributed by atoms with Gasteiger partial charge >= 0.3 is 0 Å². The van der Waals surface area contributed by atoms with E-state index in [-0.39, 0.29) is 0 Å². The third kappa shape index (κ3) is 2.12. The van der Waals surface area contributed by atoms with E-state index in [0.29, 0.717) is 0 Å². The summed E-state index contributed by atoms with van der Waals surface area (Å²) in [5.74, 6) is 0.901. The van der Waals surface area contributed by atoms with Crippen molar-refractivity contribution in [1.82, 2.24) is 0 Å². The molecule has 1 aromatic rings. The van der Waals surface area contributed by atoms with Crippen LogP contribution in [0, 0.1) is 5.92 Å². The van der Waals surface area contributed by atoms with Crippen molar-refractivity contribution in [3.05, 3.63) is 28.8 Å². The molecule has 2 unspecified atom stereocenters. The Hall–Kier alpha value is -0.140. The number of rotatable bonds is 0. The normalized spacial score (nSPS) is 29.1. The lowest BCUT2D eigenvalue weighted by atomic mass is 9.91. The zero-order valence-corrected chi connectivity index (χ0v) is 11.0. The fourth-order valence-electron chi connectivity index (χ4n) is 3.01. The van der Waals surface area contributed by atoms with Crippen molar-refractivity contribution in [2.24, 2.45) is 5.92 Å². The lowest BCUT2D eigenvalue weighted by molar-refractivity contribution is 0.460. The van der Waals surface area contributed by atoms with E-state index in [1.165, 1.54) is 49.0 Å². The second-order valence-electron chi connectivity index (χ2n) is 5.01. The number of halogens is 1. The number of thioether (sulfide) groups is 1. The Balaban J connectivity index is 1.89. The highest BCUT2D eigenvalue weighted by Gasteiger charge is 2.29. The van der Waals surface area contributed by atoms with Crippen LogP contribution in [0.1, 0.15) is 37.7 Å². The van der Waals surface area contributed by atoms with Gasteiger partial charge in [0.1, 0.15) is 0 Å².